The molecular weight excluding hydrogens is 234 g/mol. The van der Waals surface area contributed by atoms with E-state index in [9.17, 15) is 9.59 Å². The summed E-state index contributed by atoms with van der Waals surface area (Å²) in [6, 6.07) is -0.0871. The number of carbonyl (C=O) groups is 2. The van der Waals surface area contributed by atoms with E-state index in [2.05, 4.69) is 5.48 Å². The number of hydrogen-bond donors (Lipinski definition) is 2. The molecule has 0 aromatic rings. The zero-order chi connectivity index (χ0) is 13.0. The maximum Gasteiger partial charge on any atom is 0.251 e. The standard InChI is InChI=1S/C12H21N3O3/c13-12(17)10-6-3-7-15(10)11(16)8-18-14-9-4-1-2-5-9/h9-10,14H,1-8H2,(H2,13,17). The van der Waals surface area contributed by atoms with Crippen LogP contribution < -0.4 is 11.2 Å². The van der Waals surface area contributed by atoms with Gasteiger partial charge in [0.15, 0.2) is 0 Å². The Kier molecular flexibility index (Phi) is 4.54. The van der Waals surface area contributed by atoms with Crippen molar-refractivity contribution in [2.45, 2.75) is 50.6 Å². The summed E-state index contributed by atoms with van der Waals surface area (Å²) in [5.74, 6) is -0.591. The summed E-state index contributed by atoms with van der Waals surface area (Å²) in [6.45, 7) is 0.569. The molecule has 6 heteroatoms. The fourth-order valence-corrected chi connectivity index (χ4v) is 2.71. The molecule has 0 aromatic heterocycles. The van der Waals surface area contributed by atoms with Crippen LogP contribution in [0, 0.1) is 0 Å². The van der Waals surface area contributed by atoms with Crippen LogP contribution >= 0.6 is 0 Å². The lowest BCUT2D eigenvalue weighted by Crippen LogP contribution is -2.46. The number of primary amides is 1. The van der Waals surface area contributed by atoms with Crippen LogP contribution in [0.3, 0.4) is 0 Å². The molecular formula is C12H21N3O3. The molecule has 1 unspecified atom stereocenters. The smallest absolute Gasteiger partial charge is 0.251 e. The first-order chi connectivity index (χ1) is 8.68. The predicted octanol–water partition coefficient (Wildman–Crippen LogP) is -0.0735. The fourth-order valence-electron chi connectivity index (χ4n) is 2.71. The number of amides is 2. The van der Waals surface area contributed by atoms with Gasteiger partial charge in [0.05, 0.1) is 0 Å². The predicted molar refractivity (Wildman–Crippen MR) is 65.3 cm³/mol. The number of nitrogens with zero attached hydrogens (tertiary/aromatic N) is 1. The van der Waals surface area contributed by atoms with E-state index in [1.54, 1.807) is 0 Å². The van der Waals surface area contributed by atoms with Gasteiger partial charge in [-0.1, -0.05) is 12.8 Å². The maximum atomic E-state index is 11.9. The molecule has 2 rings (SSSR count). The van der Waals surface area contributed by atoms with Crippen LogP contribution in [-0.4, -0.2) is 41.9 Å². The van der Waals surface area contributed by atoms with Crippen LogP contribution in [0.4, 0.5) is 0 Å². The summed E-state index contributed by atoms with van der Waals surface area (Å²) < 4.78 is 0. The van der Waals surface area contributed by atoms with Gasteiger partial charge in [0.25, 0.3) is 5.91 Å². The molecule has 1 aliphatic carbocycles. The van der Waals surface area contributed by atoms with Crippen molar-refractivity contribution in [3.8, 4) is 0 Å². The molecule has 2 amide bonds. The second-order valence-electron chi connectivity index (χ2n) is 5.04. The summed E-state index contributed by atoms with van der Waals surface area (Å²) in [6.07, 6.45) is 6.12. The number of carbonyl (C=O) groups excluding carboxylic acids is 2. The van der Waals surface area contributed by atoms with Gasteiger partial charge in [0.1, 0.15) is 12.6 Å². The molecule has 2 fully saturated rings. The monoisotopic (exact) mass is 255 g/mol. The van der Waals surface area contributed by atoms with Crippen molar-refractivity contribution in [2.75, 3.05) is 13.2 Å². The molecule has 1 saturated heterocycles. The average molecular weight is 255 g/mol. The van der Waals surface area contributed by atoms with Crippen molar-refractivity contribution in [3.05, 3.63) is 0 Å². The third-order valence-electron chi connectivity index (χ3n) is 3.70. The van der Waals surface area contributed by atoms with Crippen LogP contribution in [0.25, 0.3) is 0 Å². The number of hydrogen-bond acceptors (Lipinski definition) is 4. The topological polar surface area (TPSA) is 84.7 Å². The first-order valence-electron chi connectivity index (χ1n) is 6.64. The zero-order valence-corrected chi connectivity index (χ0v) is 10.6. The van der Waals surface area contributed by atoms with E-state index in [4.69, 9.17) is 10.6 Å². The Balaban J connectivity index is 1.71. The normalized spacial score (nSPS) is 24.7. The van der Waals surface area contributed by atoms with Crippen molar-refractivity contribution in [3.63, 3.8) is 0 Å². The van der Waals surface area contributed by atoms with E-state index in [-0.39, 0.29) is 12.5 Å². The lowest BCUT2D eigenvalue weighted by atomic mass is 10.2. The molecule has 6 nitrogen and oxygen atoms in total. The van der Waals surface area contributed by atoms with Gasteiger partial charge < -0.3 is 10.6 Å². The number of nitrogens with two attached hydrogens (primary N) is 1. The van der Waals surface area contributed by atoms with E-state index in [0.29, 0.717) is 19.0 Å². The van der Waals surface area contributed by atoms with Crippen molar-refractivity contribution < 1.29 is 14.4 Å². The van der Waals surface area contributed by atoms with Crippen molar-refractivity contribution in [1.82, 2.24) is 10.4 Å². The molecule has 0 radical (unpaired) electrons. The molecule has 2 aliphatic rings. The van der Waals surface area contributed by atoms with Gasteiger partial charge in [-0.05, 0) is 25.7 Å². The van der Waals surface area contributed by atoms with Gasteiger partial charge in [-0.3, -0.25) is 14.4 Å². The van der Waals surface area contributed by atoms with Gasteiger partial charge in [0.2, 0.25) is 5.91 Å². The summed E-state index contributed by atoms with van der Waals surface area (Å²) in [7, 11) is 0. The molecule has 0 aromatic carbocycles. The molecule has 18 heavy (non-hydrogen) atoms. The lowest BCUT2D eigenvalue weighted by Gasteiger charge is -2.22. The van der Waals surface area contributed by atoms with Crippen molar-refractivity contribution >= 4 is 11.8 Å². The van der Waals surface area contributed by atoms with Gasteiger partial charge in [-0.15, -0.1) is 0 Å². The van der Waals surface area contributed by atoms with Gasteiger partial charge in [-0.2, -0.15) is 5.48 Å². The minimum atomic E-state index is -0.451. The number of hydroxylamine groups is 1. The Labute approximate surface area is 107 Å². The number of nitrogens with one attached hydrogen (secondary N) is 1. The van der Waals surface area contributed by atoms with Gasteiger partial charge >= 0.3 is 0 Å². The molecule has 0 spiro atoms. The van der Waals surface area contributed by atoms with Gasteiger partial charge in [-0.25, -0.2) is 0 Å². The highest BCUT2D eigenvalue weighted by Gasteiger charge is 2.32. The highest BCUT2D eigenvalue weighted by atomic mass is 16.6. The average Bonchev–Trinajstić information content (AvgIpc) is 2.99. The molecule has 1 saturated carbocycles. The Bertz CT molecular complexity index is 316. The van der Waals surface area contributed by atoms with E-state index >= 15 is 0 Å². The third-order valence-corrected chi connectivity index (χ3v) is 3.70. The SMILES string of the molecule is NC(=O)C1CCCN1C(=O)CONC1CCCC1. The third kappa shape index (κ3) is 3.20. The molecule has 3 N–H and O–H groups in total. The maximum absolute atomic E-state index is 11.9. The van der Waals surface area contributed by atoms with Crippen LogP contribution in [0.5, 0.6) is 0 Å². The first kappa shape index (κ1) is 13.3. The second-order valence-corrected chi connectivity index (χ2v) is 5.04. The Hall–Kier alpha value is -1.14. The van der Waals surface area contributed by atoms with E-state index in [1.165, 1.54) is 17.7 Å². The molecule has 102 valence electrons. The number of rotatable bonds is 5. The largest absolute Gasteiger partial charge is 0.368 e. The molecule has 0 bridgehead atoms. The van der Waals surface area contributed by atoms with Crippen molar-refractivity contribution in [1.29, 1.82) is 0 Å². The summed E-state index contributed by atoms with van der Waals surface area (Å²) in [5, 5.41) is 0. The Morgan fingerprint density at radius 3 is 2.61 bits per heavy atom. The minimum Gasteiger partial charge on any atom is -0.368 e. The van der Waals surface area contributed by atoms with Crippen LogP contribution in [0.2, 0.25) is 0 Å². The van der Waals surface area contributed by atoms with Crippen molar-refractivity contribution in [2.24, 2.45) is 5.73 Å². The highest BCUT2D eigenvalue weighted by Crippen LogP contribution is 2.18. The van der Waals surface area contributed by atoms with E-state index in [1.807, 2.05) is 0 Å². The van der Waals surface area contributed by atoms with E-state index in [0.717, 1.165) is 19.3 Å². The molecule has 1 aliphatic heterocycles. The fraction of sp³-hybridized carbons (Fsp3) is 0.833. The first-order valence-corrected chi connectivity index (χ1v) is 6.64. The molecule has 1 atom stereocenters. The van der Waals surface area contributed by atoms with E-state index < -0.39 is 11.9 Å². The zero-order valence-electron chi connectivity index (χ0n) is 10.6. The van der Waals surface area contributed by atoms with Crippen LogP contribution in [0.15, 0.2) is 0 Å². The lowest BCUT2D eigenvalue weighted by molar-refractivity contribution is -0.144. The Morgan fingerprint density at radius 2 is 1.94 bits per heavy atom. The highest BCUT2D eigenvalue weighted by molar-refractivity contribution is 5.87. The quantitative estimate of drug-likeness (QED) is 0.673. The number of likely N-dealkylation sites (tertiary alicyclic amines) is 1. The Morgan fingerprint density at radius 1 is 1.22 bits per heavy atom. The second kappa shape index (κ2) is 6.15. The van der Waals surface area contributed by atoms with Crippen LogP contribution in [-0.2, 0) is 14.4 Å². The molecule has 1 heterocycles. The minimum absolute atomic E-state index is 0.0275. The summed E-state index contributed by atoms with van der Waals surface area (Å²) in [4.78, 5) is 29.8. The van der Waals surface area contributed by atoms with Crippen LogP contribution in [0.1, 0.15) is 38.5 Å². The summed E-state index contributed by atoms with van der Waals surface area (Å²) in [5.41, 5.74) is 8.18. The van der Waals surface area contributed by atoms with Gasteiger partial charge in [0, 0.05) is 12.6 Å². The summed E-state index contributed by atoms with van der Waals surface area (Å²) >= 11 is 0.